The van der Waals surface area contributed by atoms with Crippen molar-refractivity contribution in [1.82, 2.24) is 19.7 Å². The number of nitrogens with zero attached hydrogens (tertiary/aromatic N) is 4. The Morgan fingerprint density at radius 1 is 1.56 bits per heavy atom. The van der Waals surface area contributed by atoms with Crippen LogP contribution in [0.3, 0.4) is 0 Å². The molecule has 16 heavy (non-hydrogen) atoms. The fourth-order valence-electron chi connectivity index (χ4n) is 1.45. The number of nitrogens with two attached hydrogens (primary N) is 1. The van der Waals surface area contributed by atoms with Gasteiger partial charge in [-0.25, -0.2) is 4.98 Å². The third-order valence-electron chi connectivity index (χ3n) is 2.28. The molecule has 0 radical (unpaired) electrons. The van der Waals surface area contributed by atoms with E-state index in [1.54, 1.807) is 17.5 Å². The topological polar surface area (TPSA) is 60.0 Å². The van der Waals surface area contributed by atoms with Crippen molar-refractivity contribution in [1.29, 1.82) is 0 Å². The second kappa shape index (κ2) is 5.09. The third kappa shape index (κ3) is 3.04. The Morgan fingerprint density at radius 3 is 3.06 bits per heavy atom. The van der Waals surface area contributed by atoms with Gasteiger partial charge in [0.1, 0.15) is 0 Å². The molecule has 6 heteroatoms. The number of hydrogen-bond donors (Lipinski definition) is 1. The molecule has 2 heterocycles. The highest BCUT2D eigenvalue weighted by Gasteiger charge is 2.02. The van der Waals surface area contributed by atoms with Crippen molar-refractivity contribution < 1.29 is 0 Å². The summed E-state index contributed by atoms with van der Waals surface area (Å²) in [4.78, 5) is 6.46. The van der Waals surface area contributed by atoms with Crippen LogP contribution in [0.25, 0.3) is 0 Å². The molecule has 0 spiro atoms. The lowest BCUT2D eigenvalue weighted by Crippen LogP contribution is -2.23. The molecule has 2 rings (SSSR count). The predicted molar refractivity (Wildman–Crippen MR) is 65.1 cm³/mol. The lowest BCUT2D eigenvalue weighted by molar-refractivity contribution is 0.302. The SMILES string of the molecule is CN(CCn1cc(N)cn1)Cc1cscn1. The molecule has 0 aromatic carbocycles. The Kier molecular flexibility index (Phi) is 3.53. The predicted octanol–water partition coefficient (Wildman–Crippen LogP) is 1.05. The third-order valence-corrected chi connectivity index (χ3v) is 2.91. The quantitative estimate of drug-likeness (QED) is 0.844. The second-order valence-electron chi connectivity index (χ2n) is 3.75. The summed E-state index contributed by atoms with van der Waals surface area (Å²) in [6, 6.07) is 0. The van der Waals surface area contributed by atoms with E-state index in [1.807, 2.05) is 16.4 Å². The van der Waals surface area contributed by atoms with E-state index >= 15 is 0 Å². The fourth-order valence-corrected chi connectivity index (χ4v) is 2.00. The van der Waals surface area contributed by atoms with Gasteiger partial charge in [0.15, 0.2) is 0 Å². The van der Waals surface area contributed by atoms with Crippen LogP contribution in [0.1, 0.15) is 5.69 Å². The maximum absolute atomic E-state index is 5.59. The highest BCUT2D eigenvalue weighted by Crippen LogP contribution is 2.04. The molecule has 0 fully saturated rings. The van der Waals surface area contributed by atoms with E-state index < -0.39 is 0 Å². The smallest absolute Gasteiger partial charge is 0.0795 e. The summed E-state index contributed by atoms with van der Waals surface area (Å²) >= 11 is 1.63. The molecule has 0 unspecified atom stereocenters. The summed E-state index contributed by atoms with van der Waals surface area (Å²) in [5, 5.41) is 6.21. The van der Waals surface area contributed by atoms with Gasteiger partial charge in [-0.15, -0.1) is 11.3 Å². The number of aromatic nitrogens is 3. The first-order chi connectivity index (χ1) is 7.74. The monoisotopic (exact) mass is 237 g/mol. The van der Waals surface area contributed by atoms with E-state index in [2.05, 4.69) is 27.4 Å². The Morgan fingerprint density at radius 2 is 2.44 bits per heavy atom. The molecule has 2 N–H and O–H groups in total. The molecule has 0 amide bonds. The van der Waals surface area contributed by atoms with Crippen molar-refractivity contribution >= 4 is 17.0 Å². The molecular weight excluding hydrogens is 222 g/mol. The van der Waals surface area contributed by atoms with E-state index in [1.165, 1.54) is 0 Å². The minimum atomic E-state index is 0.710. The van der Waals surface area contributed by atoms with Crippen LogP contribution in [0.15, 0.2) is 23.3 Å². The molecule has 0 saturated carbocycles. The minimum absolute atomic E-state index is 0.710. The molecular formula is C10H15N5S. The van der Waals surface area contributed by atoms with Crippen LogP contribution in [0.5, 0.6) is 0 Å². The summed E-state index contributed by atoms with van der Waals surface area (Å²) < 4.78 is 1.85. The van der Waals surface area contributed by atoms with Crippen molar-refractivity contribution in [3.05, 3.63) is 29.0 Å². The maximum Gasteiger partial charge on any atom is 0.0795 e. The van der Waals surface area contributed by atoms with E-state index in [-0.39, 0.29) is 0 Å². The van der Waals surface area contributed by atoms with Crippen molar-refractivity contribution in [2.75, 3.05) is 19.3 Å². The highest BCUT2D eigenvalue weighted by atomic mass is 32.1. The van der Waals surface area contributed by atoms with Gasteiger partial charge in [-0.3, -0.25) is 9.58 Å². The van der Waals surface area contributed by atoms with Crippen LogP contribution in [-0.4, -0.2) is 33.3 Å². The van der Waals surface area contributed by atoms with E-state index in [9.17, 15) is 0 Å². The molecule has 2 aromatic rings. The molecule has 2 aromatic heterocycles. The van der Waals surface area contributed by atoms with Gasteiger partial charge >= 0.3 is 0 Å². The van der Waals surface area contributed by atoms with Gasteiger partial charge in [0.25, 0.3) is 0 Å². The Bertz CT molecular complexity index is 422. The number of rotatable bonds is 5. The van der Waals surface area contributed by atoms with E-state index in [4.69, 9.17) is 5.73 Å². The van der Waals surface area contributed by atoms with Crippen LogP contribution in [-0.2, 0) is 13.1 Å². The van der Waals surface area contributed by atoms with Crippen LogP contribution in [0, 0.1) is 0 Å². The Balaban J connectivity index is 1.77. The molecule has 0 bridgehead atoms. The summed E-state index contributed by atoms with van der Waals surface area (Å²) in [5.74, 6) is 0. The molecule has 0 aliphatic carbocycles. The Hall–Kier alpha value is -1.40. The fraction of sp³-hybridized carbons (Fsp3) is 0.400. The summed E-state index contributed by atoms with van der Waals surface area (Å²) in [5.41, 5.74) is 9.28. The van der Waals surface area contributed by atoms with Crippen LogP contribution >= 0.6 is 11.3 Å². The Labute approximate surface area is 98.5 Å². The van der Waals surface area contributed by atoms with Crippen molar-refractivity contribution in [3.8, 4) is 0 Å². The average Bonchev–Trinajstić information content (AvgIpc) is 2.87. The van der Waals surface area contributed by atoms with Gasteiger partial charge in [0.2, 0.25) is 0 Å². The minimum Gasteiger partial charge on any atom is -0.396 e. The average molecular weight is 237 g/mol. The number of anilines is 1. The van der Waals surface area contributed by atoms with Gasteiger partial charge in [0.05, 0.1) is 29.6 Å². The van der Waals surface area contributed by atoms with E-state index in [0.29, 0.717) is 5.69 Å². The summed E-state index contributed by atoms with van der Waals surface area (Å²) in [6.45, 7) is 2.65. The largest absolute Gasteiger partial charge is 0.396 e. The summed E-state index contributed by atoms with van der Waals surface area (Å²) in [7, 11) is 2.08. The van der Waals surface area contributed by atoms with Gasteiger partial charge < -0.3 is 5.73 Å². The molecule has 0 atom stereocenters. The van der Waals surface area contributed by atoms with Gasteiger partial charge in [0, 0.05) is 24.7 Å². The zero-order chi connectivity index (χ0) is 11.4. The first-order valence-electron chi connectivity index (χ1n) is 5.07. The summed E-state index contributed by atoms with van der Waals surface area (Å²) in [6.07, 6.45) is 3.51. The van der Waals surface area contributed by atoms with E-state index in [0.717, 1.165) is 25.3 Å². The van der Waals surface area contributed by atoms with Crippen molar-refractivity contribution in [2.24, 2.45) is 0 Å². The van der Waals surface area contributed by atoms with Gasteiger partial charge in [-0.05, 0) is 7.05 Å². The number of nitrogen functional groups attached to an aromatic ring is 1. The first kappa shape index (κ1) is 11.1. The number of thiazole rings is 1. The molecule has 86 valence electrons. The van der Waals surface area contributed by atoms with Crippen molar-refractivity contribution in [2.45, 2.75) is 13.1 Å². The van der Waals surface area contributed by atoms with Crippen LogP contribution in [0.4, 0.5) is 5.69 Å². The number of hydrogen-bond acceptors (Lipinski definition) is 5. The highest BCUT2D eigenvalue weighted by molar-refractivity contribution is 7.07. The number of likely N-dealkylation sites (N-methyl/N-ethyl adjacent to an activating group) is 1. The zero-order valence-corrected chi connectivity index (χ0v) is 10.0. The first-order valence-corrected chi connectivity index (χ1v) is 6.02. The molecule has 0 aliphatic rings. The van der Waals surface area contributed by atoms with Crippen molar-refractivity contribution in [3.63, 3.8) is 0 Å². The van der Waals surface area contributed by atoms with Crippen LogP contribution < -0.4 is 5.73 Å². The molecule has 0 saturated heterocycles. The van der Waals surface area contributed by atoms with Crippen LogP contribution in [0.2, 0.25) is 0 Å². The maximum atomic E-state index is 5.59. The lowest BCUT2D eigenvalue weighted by atomic mass is 10.4. The molecule has 0 aliphatic heterocycles. The second-order valence-corrected chi connectivity index (χ2v) is 4.47. The van der Waals surface area contributed by atoms with Gasteiger partial charge in [-0.1, -0.05) is 0 Å². The van der Waals surface area contributed by atoms with Gasteiger partial charge in [-0.2, -0.15) is 5.10 Å². The standard InChI is InChI=1S/C10H15N5S/c1-14(6-10-7-16-8-12-10)2-3-15-5-9(11)4-13-15/h4-5,7-8H,2-3,6,11H2,1H3. The normalized spacial score (nSPS) is 11.1. The zero-order valence-electron chi connectivity index (χ0n) is 9.21. The molecule has 5 nitrogen and oxygen atoms in total. The lowest BCUT2D eigenvalue weighted by Gasteiger charge is -2.14.